The lowest BCUT2D eigenvalue weighted by molar-refractivity contribution is 0.179. The number of nitrogens with zero attached hydrogens (tertiary/aromatic N) is 1. The van der Waals surface area contributed by atoms with E-state index >= 15 is 0 Å². The fraction of sp³-hybridized carbons (Fsp3) is 0.750. The molecule has 0 bridgehead atoms. The third-order valence-electron chi connectivity index (χ3n) is 1.74. The molecule has 1 rings (SSSR count). The molecule has 0 aromatic carbocycles. The topological polar surface area (TPSA) is 38.5 Å². The first-order valence-electron chi connectivity index (χ1n) is 3.95. The Hall–Kier alpha value is -0.700. The highest BCUT2D eigenvalue weighted by Crippen LogP contribution is 2.15. The van der Waals surface area contributed by atoms with Crippen LogP contribution < -0.4 is 5.73 Å². The minimum Gasteiger partial charge on any atom is -0.479 e. The van der Waals surface area contributed by atoms with Crippen molar-refractivity contribution in [2.24, 2.45) is 5.73 Å². The van der Waals surface area contributed by atoms with Crippen LogP contribution in [0.1, 0.15) is 12.8 Å². The molecular formula is C8H16N2O. The van der Waals surface area contributed by atoms with Crippen molar-refractivity contribution in [3.8, 4) is 0 Å². The lowest BCUT2D eigenvalue weighted by atomic mass is 10.1. The van der Waals surface area contributed by atoms with Gasteiger partial charge in [0.1, 0.15) is 0 Å². The van der Waals surface area contributed by atoms with Crippen LogP contribution in [0.4, 0.5) is 0 Å². The van der Waals surface area contributed by atoms with Crippen molar-refractivity contribution in [3.05, 3.63) is 11.5 Å². The molecule has 11 heavy (non-hydrogen) atoms. The van der Waals surface area contributed by atoms with Gasteiger partial charge in [-0.2, -0.15) is 0 Å². The van der Waals surface area contributed by atoms with E-state index in [1.165, 1.54) is 5.57 Å². The monoisotopic (exact) mass is 156 g/mol. The van der Waals surface area contributed by atoms with Crippen molar-refractivity contribution in [2.45, 2.75) is 12.8 Å². The number of hydrogen-bond acceptors (Lipinski definition) is 3. The lowest BCUT2D eigenvalue weighted by Crippen LogP contribution is -2.22. The van der Waals surface area contributed by atoms with Gasteiger partial charge in [0, 0.05) is 12.1 Å². The summed E-state index contributed by atoms with van der Waals surface area (Å²) in [5.74, 6) is 0.643. The molecule has 3 heteroatoms. The maximum Gasteiger partial charge on any atom is 0.184 e. The fourth-order valence-electron chi connectivity index (χ4n) is 1.23. The van der Waals surface area contributed by atoms with Gasteiger partial charge in [-0.25, -0.2) is 0 Å². The van der Waals surface area contributed by atoms with Crippen molar-refractivity contribution >= 4 is 0 Å². The summed E-state index contributed by atoms with van der Waals surface area (Å²) in [5, 5.41) is 0. The van der Waals surface area contributed by atoms with Crippen molar-refractivity contribution in [1.82, 2.24) is 4.90 Å². The molecule has 0 atom stereocenters. The van der Waals surface area contributed by atoms with Gasteiger partial charge in [-0.3, -0.25) is 0 Å². The fourth-order valence-corrected chi connectivity index (χ4v) is 1.23. The van der Waals surface area contributed by atoms with Crippen molar-refractivity contribution < 1.29 is 4.74 Å². The minimum atomic E-state index is 0.643. The molecule has 0 aromatic rings. The first-order valence-corrected chi connectivity index (χ1v) is 3.95. The number of ether oxygens (including phenoxy) is 1. The van der Waals surface area contributed by atoms with Gasteiger partial charge in [-0.15, -0.1) is 0 Å². The summed E-state index contributed by atoms with van der Waals surface area (Å²) in [6.45, 7) is 1.70. The van der Waals surface area contributed by atoms with Gasteiger partial charge < -0.3 is 15.4 Å². The average molecular weight is 156 g/mol. The van der Waals surface area contributed by atoms with E-state index in [2.05, 4.69) is 4.90 Å². The summed E-state index contributed by atoms with van der Waals surface area (Å²) in [5.41, 5.74) is 6.90. The van der Waals surface area contributed by atoms with Gasteiger partial charge in [0.15, 0.2) is 5.88 Å². The molecule has 1 heterocycles. The minimum absolute atomic E-state index is 0.643. The van der Waals surface area contributed by atoms with E-state index in [-0.39, 0.29) is 0 Å². The Kier molecular flexibility index (Phi) is 2.76. The van der Waals surface area contributed by atoms with E-state index in [0.717, 1.165) is 26.0 Å². The Morgan fingerprint density at radius 2 is 2.27 bits per heavy atom. The van der Waals surface area contributed by atoms with Crippen LogP contribution in [0, 0.1) is 0 Å². The SMILES string of the molecule is CN(C)CC1=C(N)OCCC1. The third kappa shape index (κ3) is 2.42. The Balaban J connectivity index is 2.52. The van der Waals surface area contributed by atoms with E-state index in [4.69, 9.17) is 10.5 Å². The van der Waals surface area contributed by atoms with E-state index in [1.54, 1.807) is 0 Å². The maximum absolute atomic E-state index is 5.66. The quantitative estimate of drug-likeness (QED) is 0.633. The first-order chi connectivity index (χ1) is 5.20. The Labute approximate surface area is 67.8 Å². The summed E-state index contributed by atoms with van der Waals surface area (Å²) in [4.78, 5) is 2.11. The predicted molar refractivity (Wildman–Crippen MR) is 45.0 cm³/mol. The van der Waals surface area contributed by atoms with Crippen LogP contribution in [0.3, 0.4) is 0 Å². The van der Waals surface area contributed by atoms with Gasteiger partial charge in [0.2, 0.25) is 0 Å². The molecule has 2 N–H and O–H groups in total. The highest BCUT2D eigenvalue weighted by atomic mass is 16.5. The second-order valence-corrected chi connectivity index (χ2v) is 3.16. The number of likely N-dealkylation sites (N-methyl/N-ethyl adjacent to an activating group) is 1. The summed E-state index contributed by atoms with van der Waals surface area (Å²) in [6, 6.07) is 0. The van der Waals surface area contributed by atoms with Crippen LogP contribution in [-0.2, 0) is 4.74 Å². The highest BCUT2D eigenvalue weighted by molar-refractivity contribution is 5.09. The number of hydrogen-bond donors (Lipinski definition) is 1. The molecule has 0 spiro atoms. The van der Waals surface area contributed by atoms with E-state index < -0.39 is 0 Å². The number of nitrogens with two attached hydrogens (primary N) is 1. The predicted octanol–water partition coefficient (Wildman–Crippen LogP) is 0.529. The molecular weight excluding hydrogens is 140 g/mol. The molecule has 0 fully saturated rings. The Bertz CT molecular complexity index is 163. The molecule has 0 saturated carbocycles. The molecule has 0 aliphatic carbocycles. The summed E-state index contributed by atoms with van der Waals surface area (Å²) < 4.78 is 5.22. The standard InChI is InChI=1S/C8H16N2O/c1-10(2)6-7-4-3-5-11-8(7)9/h3-6,9H2,1-2H3. The van der Waals surface area contributed by atoms with Gasteiger partial charge >= 0.3 is 0 Å². The van der Waals surface area contributed by atoms with Gasteiger partial charge in [0.25, 0.3) is 0 Å². The van der Waals surface area contributed by atoms with Crippen LogP contribution in [0.2, 0.25) is 0 Å². The van der Waals surface area contributed by atoms with Crippen LogP contribution in [0.25, 0.3) is 0 Å². The lowest BCUT2D eigenvalue weighted by Gasteiger charge is -2.20. The molecule has 0 amide bonds. The van der Waals surface area contributed by atoms with Gasteiger partial charge in [-0.05, 0) is 26.9 Å². The second-order valence-electron chi connectivity index (χ2n) is 3.16. The largest absolute Gasteiger partial charge is 0.479 e. The van der Waals surface area contributed by atoms with Crippen LogP contribution in [-0.4, -0.2) is 32.1 Å². The Morgan fingerprint density at radius 3 is 2.82 bits per heavy atom. The zero-order valence-electron chi connectivity index (χ0n) is 7.26. The number of rotatable bonds is 2. The van der Waals surface area contributed by atoms with Gasteiger partial charge in [-0.1, -0.05) is 0 Å². The van der Waals surface area contributed by atoms with Gasteiger partial charge in [0.05, 0.1) is 6.61 Å². The molecule has 0 aromatic heterocycles. The maximum atomic E-state index is 5.66. The second kappa shape index (κ2) is 3.62. The van der Waals surface area contributed by atoms with Crippen LogP contribution in [0.5, 0.6) is 0 Å². The van der Waals surface area contributed by atoms with E-state index in [9.17, 15) is 0 Å². The smallest absolute Gasteiger partial charge is 0.184 e. The summed E-state index contributed by atoms with van der Waals surface area (Å²) >= 11 is 0. The molecule has 3 nitrogen and oxygen atoms in total. The Morgan fingerprint density at radius 1 is 1.55 bits per heavy atom. The normalized spacial score (nSPS) is 18.8. The van der Waals surface area contributed by atoms with E-state index in [0.29, 0.717) is 5.88 Å². The summed E-state index contributed by atoms with van der Waals surface area (Å²) in [6.07, 6.45) is 2.19. The molecule has 1 aliphatic rings. The zero-order valence-corrected chi connectivity index (χ0v) is 7.26. The molecule has 0 saturated heterocycles. The van der Waals surface area contributed by atoms with Crippen LogP contribution >= 0.6 is 0 Å². The first kappa shape index (κ1) is 8.40. The molecule has 0 radical (unpaired) electrons. The zero-order chi connectivity index (χ0) is 8.27. The van der Waals surface area contributed by atoms with Crippen molar-refractivity contribution in [2.75, 3.05) is 27.2 Å². The molecule has 64 valence electrons. The van der Waals surface area contributed by atoms with Crippen molar-refractivity contribution in [3.63, 3.8) is 0 Å². The summed E-state index contributed by atoms with van der Waals surface area (Å²) in [7, 11) is 4.07. The highest BCUT2D eigenvalue weighted by Gasteiger charge is 2.10. The van der Waals surface area contributed by atoms with E-state index in [1.807, 2.05) is 14.1 Å². The molecule has 1 aliphatic heterocycles. The van der Waals surface area contributed by atoms with Crippen molar-refractivity contribution in [1.29, 1.82) is 0 Å². The average Bonchev–Trinajstić information content (AvgIpc) is 1.93. The third-order valence-corrected chi connectivity index (χ3v) is 1.74. The van der Waals surface area contributed by atoms with Crippen LogP contribution in [0.15, 0.2) is 11.5 Å². The molecule has 0 unspecified atom stereocenters.